The summed E-state index contributed by atoms with van der Waals surface area (Å²) < 4.78 is 1.26. The summed E-state index contributed by atoms with van der Waals surface area (Å²) >= 11 is 7.25. The first kappa shape index (κ1) is 16.9. The van der Waals surface area contributed by atoms with Crippen LogP contribution in [-0.2, 0) is 12.0 Å². The molecule has 0 aliphatic rings. The van der Waals surface area contributed by atoms with E-state index >= 15 is 0 Å². The second-order valence-corrected chi connectivity index (χ2v) is 7.07. The molecule has 24 heavy (non-hydrogen) atoms. The third-order valence-electron chi connectivity index (χ3n) is 3.69. The molecular weight excluding hydrogens is 348 g/mol. The van der Waals surface area contributed by atoms with Gasteiger partial charge in [0.15, 0.2) is 0 Å². The van der Waals surface area contributed by atoms with E-state index in [0.29, 0.717) is 27.1 Å². The molecule has 0 amide bonds. The predicted molar refractivity (Wildman–Crippen MR) is 96.0 cm³/mol. The first-order valence-corrected chi connectivity index (χ1v) is 8.70. The van der Waals surface area contributed by atoms with Gasteiger partial charge in [-0.15, -0.1) is 5.10 Å². The van der Waals surface area contributed by atoms with E-state index < -0.39 is 5.60 Å². The first-order chi connectivity index (χ1) is 11.4. The van der Waals surface area contributed by atoms with Crippen molar-refractivity contribution in [2.75, 3.05) is 11.9 Å². The van der Waals surface area contributed by atoms with Gasteiger partial charge < -0.3 is 10.4 Å². The van der Waals surface area contributed by atoms with Crippen molar-refractivity contribution < 1.29 is 5.11 Å². The van der Waals surface area contributed by atoms with Gasteiger partial charge in [-0.1, -0.05) is 42.0 Å². The van der Waals surface area contributed by atoms with Crippen LogP contribution in [0.1, 0.15) is 25.1 Å². The van der Waals surface area contributed by atoms with Gasteiger partial charge in [0.2, 0.25) is 10.1 Å². The highest BCUT2D eigenvalue weighted by molar-refractivity contribution is 7.20. The van der Waals surface area contributed by atoms with Gasteiger partial charge in [-0.05, 0) is 31.0 Å². The van der Waals surface area contributed by atoms with Gasteiger partial charge in [0.05, 0.1) is 0 Å². The first-order valence-electron chi connectivity index (χ1n) is 7.51. The molecule has 2 heterocycles. The molecule has 0 spiro atoms. The van der Waals surface area contributed by atoms with Gasteiger partial charge in [0.1, 0.15) is 5.60 Å². The molecule has 0 fully saturated rings. The van der Waals surface area contributed by atoms with E-state index in [1.54, 1.807) is 25.1 Å². The van der Waals surface area contributed by atoms with Crippen LogP contribution in [0.25, 0.3) is 4.96 Å². The molecule has 6 nitrogen and oxygen atoms in total. The molecule has 0 radical (unpaired) electrons. The van der Waals surface area contributed by atoms with Crippen LogP contribution < -0.4 is 10.9 Å². The number of fused-ring (bicyclic) bond motifs is 1. The summed E-state index contributed by atoms with van der Waals surface area (Å²) in [6, 6.07) is 8.57. The molecule has 2 aromatic heterocycles. The van der Waals surface area contributed by atoms with E-state index in [-0.39, 0.29) is 12.1 Å². The molecule has 8 heteroatoms. The second kappa shape index (κ2) is 6.51. The number of aliphatic hydroxyl groups is 1. The quantitative estimate of drug-likeness (QED) is 0.727. The minimum absolute atomic E-state index is 0.206. The Kier molecular flexibility index (Phi) is 4.58. The maximum absolute atomic E-state index is 12.0. The highest BCUT2D eigenvalue weighted by atomic mass is 35.5. The fourth-order valence-corrected chi connectivity index (χ4v) is 3.29. The third kappa shape index (κ3) is 3.43. The number of benzene rings is 1. The standard InChI is InChI=1S/C16H17ClN4O2S/c1-3-12-8-13(22)21-15(19-12)24-14(20-21)18-9-16(2,23)10-5-4-6-11(17)7-10/h4-8,23H,3,9H2,1-2H3,(H,18,20). The molecular formula is C16H17ClN4O2S. The molecule has 0 saturated heterocycles. The molecule has 1 atom stereocenters. The van der Waals surface area contributed by atoms with Crippen molar-refractivity contribution in [2.45, 2.75) is 25.9 Å². The Balaban J connectivity index is 1.82. The van der Waals surface area contributed by atoms with Crippen LogP contribution in [0.3, 0.4) is 0 Å². The molecule has 126 valence electrons. The van der Waals surface area contributed by atoms with Crippen LogP contribution >= 0.6 is 22.9 Å². The number of anilines is 1. The number of halogens is 1. The molecule has 2 N–H and O–H groups in total. The van der Waals surface area contributed by atoms with Crippen LogP contribution in [-0.4, -0.2) is 26.2 Å². The molecule has 0 aliphatic heterocycles. The van der Waals surface area contributed by atoms with Crippen LogP contribution in [0.2, 0.25) is 5.02 Å². The predicted octanol–water partition coefficient (Wildman–Crippen LogP) is 2.69. The average Bonchev–Trinajstić information content (AvgIpc) is 2.96. The molecule has 1 aromatic carbocycles. The Morgan fingerprint density at radius 3 is 2.92 bits per heavy atom. The molecule has 0 aliphatic carbocycles. The van der Waals surface area contributed by atoms with Crippen LogP contribution in [0.5, 0.6) is 0 Å². The zero-order chi connectivity index (χ0) is 17.3. The van der Waals surface area contributed by atoms with Gasteiger partial charge in [-0.3, -0.25) is 4.79 Å². The number of aromatic nitrogens is 3. The van der Waals surface area contributed by atoms with E-state index in [4.69, 9.17) is 11.6 Å². The summed E-state index contributed by atoms with van der Waals surface area (Å²) in [5.74, 6) is 0. The summed E-state index contributed by atoms with van der Waals surface area (Å²) in [4.78, 5) is 16.9. The number of aryl methyl sites for hydroxylation is 1. The minimum atomic E-state index is -1.13. The summed E-state index contributed by atoms with van der Waals surface area (Å²) in [6.45, 7) is 3.86. The lowest BCUT2D eigenvalue weighted by molar-refractivity contribution is 0.0715. The Morgan fingerprint density at radius 2 is 2.21 bits per heavy atom. The van der Waals surface area contributed by atoms with Crippen LogP contribution in [0, 0.1) is 0 Å². The summed E-state index contributed by atoms with van der Waals surface area (Å²) in [7, 11) is 0. The van der Waals surface area contributed by atoms with Gasteiger partial charge >= 0.3 is 0 Å². The Morgan fingerprint density at radius 1 is 1.42 bits per heavy atom. The van der Waals surface area contributed by atoms with Crippen molar-refractivity contribution in [3.05, 3.63) is 57.0 Å². The van der Waals surface area contributed by atoms with E-state index in [2.05, 4.69) is 15.4 Å². The maximum atomic E-state index is 12.0. The Bertz CT molecular complexity index is 935. The lowest BCUT2D eigenvalue weighted by Gasteiger charge is -2.24. The summed E-state index contributed by atoms with van der Waals surface area (Å²) in [5.41, 5.74) is 0.103. The SMILES string of the molecule is CCc1cc(=O)n2nc(NCC(C)(O)c3cccc(Cl)c3)sc2n1. The van der Waals surface area contributed by atoms with E-state index in [1.165, 1.54) is 21.9 Å². The van der Waals surface area contributed by atoms with Crippen molar-refractivity contribution in [3.8, 4) is 0 Å². The minimum Gasteiger partial charge on any atom is -0.384 e. The van der Waals surface area contributed by atoms with Gasteiger partial charge in [0, 0.05) is 23.3 Å². The second-order valence-electron chi connectivity index (χ2n) is 5.68. The molecule has 0 bridgehead atoms. The van der Waals surface area contributed by atoms with E-state index in [0.717, 1.165) is 5.69 Å². The lowest BCUT2D eigenvalue weighted by atomic mass is 9.96. The fraction of sp³-hybridized carbons (Fsp3) is 0.312. The number of rotatable bonds is 5. The average molecular weight is 365 g/mol. The van der Waals surface area contributed by atoms with Crippen molar-refractivity contribution in [1.29, 1.82) is 0 Å². The maximum Gasteiger partial charge on any atom is 0.275 e. The van der Waals surface area contributed by atoms with Crippen molar-refractivity contribution in [2.24, 2.45) is 0 Å². The normalized spacial score (nSPS) is 13.8. The highest BCUT2D eigenvalue weighted by Gasteiger charge is 2.24. The van der Waals surface area contributed by atoms with E-state index in [9.17, 15) is 9.90 Å². The largest absolute Gasteiger partial charge is 0.384 e. The molecule has 0 saturated carbocycles. The fourth-order valence-electron chi connectivity index (χ4n) is 2.28. The molecule has 3 rings (SSSR count). The van der Waals surface area contributed by atoms with Crippen molar-refractivity contribution in [3.63, 3.8) is 0 Å². The summed E-state index contributed by atoms with van der Waals surface area (Å²) in [6.07, 6.45) is 0.690. The van der Waals surface area contributed by atoms with Crippen LogP contribution in [0.4, 0.5) is 5.13 Å². The number of nitrogens with zero attached hydrogens (tertiary/aromatic N) is 3. The van der Waals surface area contributed by atoms with Gasteiger partial charge in [-0.25, -0.2) is 4.98 Å². The number of hydrogen-bond acceptors (Lipinski definition) is 6. The molecule has 1 unspecified atom stereocenters. The zero-order valence-corrected chi connectivity index (χ0v) is 14.9. The highest BCUT2D eigenvalue weighted by Crippen LogP contribution is 2.25. The van der Waals surface area contributed by atoms with E-state index in [1.807, 2.05) is 13.0 Å². The Labute approximate surface area is 147 Å². The summed E-state index contributed by atoms with van der Waals surface area (Å²) in [5, 5.41) is 19.0. The number of hydrogen-bond donors (Lipinski definition) is 2. The van der Waals surface area contributed by atoms with Crippen molar-refractivity contribution >= 4 is 33.0 Å². The topological polar surface area (TPSA) is 79.5 Å². The smallest absolute Gasteiger partial charge is 0.275 e. The van der Waals surface area contributed by atoms with Gasteiger partial charge in [-0.2, -0.15) is 4.52 Å². The number of nitrogens with one attached hydrogen (secondary N) is 1. The molecule has 3 aromatic rings. The van der Waals surface area contributed by atoms with Crippen molar-refractivity contribution in [1.82, 2.24) is 14.6 Å². The lowest BCUT2D eigenvalue weighted by Crippen LogP contribution is -2.30. The van der Waals surface area contributed by atoms with Crippen LogP contribution in [0.15, 0.2) is 35.1 Å². The third-order valence-corrected chi connectivity index (χ3v) is 4.79. The zero-order valence-electron chi connectivity index (χ0n) is 13.3. The monoisotopic (exact) mass is 364 g/mol. The Hall–Kier alpha value is -1.96. The van der Waals surface area contributed by atoms with Gasteiger partial charge in [0.25, 0.3) is 5.56 Å².